The second-order valence-electron chi connectivity index (χ2n) is 5.21. The molecule has 1 saturated heterocycles. The van der Waals surface area contributed by atoms with Gasteiger partial charge in [-0.3, -0.25) is 10.3 Å². The number of hydrogen-bond acceptors (Lipinski definition) is 5. The quantitative estimate of drug-likeness (QED) is 0.356. The first-order chi connectivity index (χ1) is 9.92. The molecule has 1 rings (SSSR count). The summed E-state index contributed by atoms with van der Waals surface area (Å²) in [5, 5.41) is 7.66. The zero-order chi connectivity index (χ0) is 15.9. The number of nitrogens with zero attached hydrogens (tertiary/aromatic N) is 2. The molecule has 1 aliphatic rings. The largest absolute Gasteiger partial charge is 0.386 e. The lowest BCUT2D eigenvalue weighted by atomic mass is 10.1. The highest BCUT2D eigenvalue weighted by Crippen LogP contribution is 2.13. The molecule has 124 valence electrons. The SMILES string of the molecule is CCCC(C(=N)N)N1CCN(S(=O)(=O)CCOCC)CC1. The molecule has 1 fully saturated rings. The molecule has 1 aliphatic heterocycles. The first-order valence-electron chi connectivity index (χ1n) is 7.55. The van der Waals surface area contributed by atoms with Crippen molar-refractivity contribution in [2.24, 2.45) is 5.73 Å². The Balaban J connectivity index is 2.52. The second kappa shape index (κ2) is 8.67. The summed E-state index contributed by atoms with van der Waals surface area (Å²) in [6, 6.07) is -0.0664. The van der Waals surface area contributed by atoms with Gasteiger partial charge >= 0.3 is 0 Å². The van der Waals surface area contributed by atoms with Gasteiger partial charge in [0, 0.05) is 32.8 Å². The number of nitrogens with two attached hydrogens (primary N) is 1. The van der Waals surface area contributed by atoms with Crippen molar-refractivity contribution in [3.8, 4) is 0 Å². The maximum Gasteiger partial charge on any atom is 0.216 e. The summed E-state index contributed by atoms with van der Waals surface area (Å²) in [4.78, 5) is 2.11. The molecule has 0 amide bonds. The third kappa shape index (κ3) is 5.54. The number of nitrogens with one attached hydrogen (secondary N) is 1. The molecule has 0 aliphatic carbocycles. The molecule has 21 heavy (non-hydrogen) atoms. The number of ether oxygens (including phenoxy) is 1. The minimum Gasteiger partial charge on any atom is -0.386 e. The summed E-state index contributed by atoms with van der Waals surface area (Å²) in [7, 11) is -3.24. The topological polar surface area (TPSA) is 99.7 Å². The first-order valence-corrected chi connectivity index (χ1v) is 9.16. The van der Waals surface area contributed by atoms with Gasteiger partial charge in [0.25, 0.3) is 0 Å². The van der Waals surface area contributed by atoms with E-state index in [1.165, 1.54) is 4.31 Å². The van der Waals surface area contributed by atoms with Crippen molar-refractivity contribution in [3.05, 3.63) is 0 Å². The van der Waals surface area contributed by atoms with E-state index in [-0.39, 0.29) is 24.2 Å². The van der Waals surface area contributed by atoms with Crippen LogP contribution in [0.4, 0.5) is 0 Å². The highest BCUT2D eigenvalue weighted by atomic mass is 32.2. The molecule has 0 bridgehead atoms. The number of hydrogen-bond donors (Lipinski definition) is 2. The van der Waals surface area contributed by atoms with Crippen LogP contribution in [0.25, 0.3) is 0 Å². The van der Waals surface area contributed by atoms with Crippen molar-refractivity contribution in [3.63, 3.8) is 0 Å². The molecule has 0 radical (unpaired) electrons. The lowest BCUT2D eigenvalue weighted by Crippen LogP contribution is -2.55. The number of rotatable bonds is 9. The van der Waals surface area contributed by atoms with Gasteiger partial charge in [-0.2, -0.15) is 4.31 Å². The van der Waals surface area contributed by atoms with Crippen LogP contribution in [-0.2, 0) is 14.8 Å². The Morgan fingerprint density at radius 3 is 2.38 bits per heavy atom. The number of amidine groups is 1. The summed E-state index contributed by atoms with van der Waals surface area (Å²) < 4.78 is 31.0. The standard InChI is InChI=1S/C13H28N4O3S/c1-3-5-12(13(14)15)16-6-8-17(9-7-16)21(18,19)11-10-20-4-2/h12H,3-11H2,1-2H3,(H3,14,15). The number of sulfonamides is 1. The minimum atomic E-state index is -3.24. The van der Waals surface area contributed by atoms with Crippen molar-refractivity contribution in [2.75, 3.05) is 45.1 Å². The molecule has 1 unspecified atom stereocenters. The van der Waals surface area contributed by atoms with Crippen LogP contribution in [0, 0.1) is 5.41 Å². The van der Waals surface area contributed by atoms with E-state index in [1.54, 1.807) is 0 Å². The van der Waals surface area contributed by atoms with E-state index in [9.17, 15) is 8.42 Å². The maximum absolute atomic E-state index is 12.2. The predicted octanol–water partition coefficient (Wildman–Crippen LogP) is 0.0750. The molecule has 3 N–H and O–H groups in total. The van der Waals surface area contributed by atoms with Crippen LogP contribution in [0.1, 0.15) is 26.7 Å². The molecule has 7 nitrogen and oxygen atoms in total. The number of piperazine rings is 1. The Labute approximate surface area is 128 Å². The highest BCUT2D eigenvalue weighted by Gasteiger charge is 2.30. The first kappa shape index (κ1) is 18.3. The van der Waals surface area contributed by atoms with Crippen molar-refractivity contribution in [2.45, 2.75) is 32.7 Å². The van der Waals surface area contributed by atoms with Crippen molar-refractivity contribution in [1.29, 1.82) is 5.41 Å². The molecular formula is C13H28N4O3S. The normalized spacial score (nSPS) is 19.5. The Morgan fingerprint density at radius 1 is 1.29 bits per heavy atom. The molecule has 1 heterocycles. The van der Waals surface area contributed by atoms with Crippen LogP contribution in [0.5, 0.6) is 0 Å². The van der Waals surface area contributed by atoms with E-state index in [1.807, 2.05) is 6.92 Å². The molecule has 8 heteroatoms. The molecule has 0 aromatic heterocycles. The zero-order valence-corrected chi connectivity index (χ0v) is 13.9. The zero-order valence-electron chi connectivity index (χ0n) is 13.0. The molecular weight excluding hydrogens is 292 g/mol. The average molecular weight is 320 g/mol. The van der Waals surface area contributed by atoms with Crippen LogP contribution >= 0.6 is 0 Å². The van der Waals surface area contributed by atoms with Crippen LogP contribution in [0.3, 0.4) is 0 Å². The van der Waals surface area contributed by atoms with Crippen LogP contribution in [0.15, 0.2) is 0 Å². The summed E-state index contributed by atoms with van der Waals surface area (Å²) in [6.45, 7) is 6.84. The third-order valence-corrected chi connectivity index (χ3v) is 5.55. The van der Waals surface area contributed by atoms with Gasteiger partial charge in [-0.15, -0.1) is 0 Å². The fourth-order valence-corrected chi connectivity index (χ4v) is 3.85. The third-order valence-electron chi connectivity index (χ3n) is 3.72. The van der Waals surface area contributed by atoms with Gasteiger partial charge in [-0.1, -0.05) is 13.3 Å². The van der Waals surface area contributed by atoms with Crippen LogP contribution < -0.4 is 5.73 Å². The van der Waals surface area contributed by atoms with Gasteiger partial charge in [0.15, 0.2) is 0 Å². The summed E-state index contributed by atoms with van der Waals surface area (Å²) in [5.74, 6) is 0.205. The predicted molar refractivity (Wildman–Crippen MR) is 84.0 cm³/mol. The lowest BCUT2D eigenvalue weighted by Gasteiger charge is -2.38. The Hall–Kier alpha value is -0.700. The Bertz CT molecular complexity index is 419. The van der Waals surface area contributed by atoms with Gasteiger partial charge in [0.1, 0.15) is 5.84 Å². The summed E-state index contributed by atoms with van der Waals surface area (Å²) in [5.41, 5.74) is 5.65. The Kier molecular flexibility index (Phi) is 7.58. The Morgan fingerprint density at radius 2 is 1.90 bits per heavy atom. The van der Waals surface area contributed by atoms with Gasteiger partial charge in [-0.25, -0.2) is 8.42 Å². The second-order valence-corrected chi connectivity index (χ2v) is 7.30. The van der Waals surface area contributed by atoms with E-state index < -0.39 is 10.0 Å². The highest BCUT2D eigenvalue weighted by molar-refractivity contribution is 7.89. The maximum atomic E-state index is 12.2. The fraction of sp³-hybridized carbons (Fsp3) is 0.923. The summed E-state index contributed by atoms with van der Waals surface area (Å²) >= 11 is 0. The summed E-state index contributed by atoms with van der Waals surface area (Å²) in [6.07, 6.45) is 1.80. The van der Waals surface area contributed by atoms with E-state index >= 15 is 0 Å². The molecule has 1 atom stereocenters. The van der Waals surface area contributed by atoms with Gasteiger partial charge in [-0.05, 0) is 13.3 Å². The van der Waals surface area contributed by atoms with E-state index in [0.29, 0.717) is 32.8 Å². The van der Waals surface area contributed by atoms with Gasteiger partial charge in [0.05, 0.1) is 18.4 Å². The van der Waals surface area contributed by atoms with Gasteiger partial charge < -0.3 is 10.5 Å². The van der Waals surface area contributed by atoms with Gasteiger partial charge in [0.2, 0.25) is 10.0 Å². The molecule has 0 aromatic carbocycles. The fourth-order valence-electron chi connectivity index (χ4n) is 2.54. The lowest BCUT2D eigenvalue weighted by molar-refractivity contribution is 0.152. The van der Waals surface area contributed by atoms with Crippen LogP contribution in [-0.4, -0.2) is 74.6 Å². The van der Waals surface area contributed by atoms with Crippen LogP contribution in [0.2, 0.25) is 0 Å². The van der Waals surface area contributed by atoms with Crippen molar-refractivity contribution < 1.29 is 13.2 Å². The van der Waals surface area contributed by atoms with Crippen molar-refractivity contribution >= 4 is 15.9 Å². The minimum absolute atomic E-state index is 0.0337. The monoisotopic (exact) mass is 320 g/mol. The average Bonchev–Trinajstić information content (AvgIpc) is 2.45. The van der Waals surface area contributed by atoms with E-state index in [2.05, 4.69) is 11.8 Å². The molecule has 0 saturated carbocycles. The smallest absolute Gasteiger partial charge is 0.216 e. The van der Waals surface area contributed by atoms with E-state index in [0.717, 1.165) is 12.8 Å². The molecule has 0 spiro atoms. The van der Waals surface area contributed by atoms with Crippen molar-refractivity contribution in [1.82, 2.24) is 9.21 Å². The molecule has 0 aromatic rings. The van der Waals surface area contributed by atoms with E-state index in [4.69, 9.17) is 15.9 Å².